The summed E-state index contributed by atoms with van der Waals surface area (Å²) in [4.78, 5) is 66.3. The van der Waals surface area contributed by atoms with Gasteiger partial charge in [0.05, 0.1) is 0 Å². The number of fused-ring (bicyclic) bond motifs is 6. The molecule has 6 aliphatic rings. The molecule has 2 N–H and O–H groups in total. The number of allylic oxidation sites excluding steroid dienone is 1. The molecular formula is C35H42N2O7S. The van der Waals surface area contributed by atoms with Crippen molar-refractivity contribution in [2.45, 2.75) is 106 Å². The number of benzene rings is 1. The molecule has 0 aromatic heterocycles. The van der Waals surface area contributed by atoms with Gasteiger partial charge < -0.3 is 20.1 Å². The normalized spacial score (nSPS) is 38.5. The second-order valence-corrected chi connectivity index (χ2v) is 16.5. The Morgan fingerprint density at radius 1 is 1.00 bits per heavy atom. The van der Waals surface area contributed by atoms with E-state index in [0.29, 0.717) is 35.7 Å². The first-order valence-corrected chi connectivity index (χ1v) is 17.3. The van der Waals surface area contributed by atoms with E-state index < -0.39 is 51.9 Å². The van der Waals surface area contributed by atoms with Crippen molar-refractivity contribution in [1.29, 1.82) is 0 Å². The van der Waals surface area contributed by atoms with Gasteiger partial charge in [-0.1, -0.05) is 42.8 Å². The number of carbonyl (C=O) groups excluding carboxylic acids is 4. The molecule has 1 aromatic rings. The lowest BCUT2D eigenvalue weighted by atomic mass is 9.52. The van der Waals surface area contributed by atoms with E-state index in [9.17, 15) is 29.1 Å². The van der Waals surface area contributed by atoms with Crippen LogP contribution in [0.2, 0.25) is 0 Å². The number of esters is 1. The minimum Gasteiger partial charge on any atom is -0.480 e. The minimum absolute atomic E-state index is 0.178. The number of aliphatic carboxylic acids is 1. The SMILES string of the molecule is CC1(C)SC2C(NC(=O)C(C(=O)OC3CCC4C5CCC6=CC(=O)CCC6C5CCC34C)c3ccccc3)C(=O)N2C1C(=O)O. The van der Waals surface area contributed by atoms with Gasteiger partial charge in [0.15, 0.2) is 11.7 Å². The molecule has 10 heteroatoms. The van der Waals surface area contributed by atoms with Crippen molar-refractivity contribution < 1.29 is 33.8 Å². The van der Waals surface area contributed by atoms with Crippen LogP contribution in [0.25, 0.3) is 0 Å². The maximum absolute atomic E-state index is 14.0. The predicted octanol–water partition coefficient (Wildman–Crippen LogP) is 4.46. The van der Waals surface area contributed by atoms with Crippen molar-refractivity contribution in [3.05, 3.63) is 47.5 Å². The molecule has 0 spiro atoms. The monoisotopic (exact) mass is 634 g/mol. The summed E-state index contributed by atoms with van der Waals surface area (Å²) >= 11 is 1.35. The number of ether oxygens (including phenoxy) is 1. The summed E-state index contributed by atoms with van der Waals surface area (Å²) < 4.78 is 5.60. The Morgan fingerprint density at radius 3 is 2.49 bits per heavy atom. The van der Waals surface area contributed by atoms with Crippen molar-refractivity contribution in [2.24, 2.45) is 29.1 Å². The highest BCUT2D eigenvalue weighted by molar-refractivity contribution is 8.01. The molecule has 0 radical (unpaired) electrons. The average Bonchev–Trinajstić information content (AvgIpc) is 3.46. The molecule has 45 heavy (non-hydrogen) atoms. The number of amides is 2. The van der Waals surface area contributed by atoms with Crippen molar-refractivity contribution in [2.75, 3.05) is 0 Å². The Morgan fingerprint density at radius 2 is 1.76 bits per heavy atom. The number of carboxylic acids is 1. The Hall–Kier alpha value is -3.14. The lowest BCUT2D eigenvalue weighted by molar-refractivity contribution is -0.164. The number of thioether (sulfide) groups is 1. The van der Waals surface area contributed by atoms with E-state index in [4.69, 9.17) is 4.74 Å². The molecule has 0 bridgehead atoms. The van der Waals surface area contributed by atoms with Crippen LogP contribution in [0.4, 0.5) is 0 Å². The third kappa shape index (κ3) is 4.84. The smallest absolute Gasteiger partial charge is 0.327 e. The first kappa shape index (κ1) is 30.5. The molecule has 4 aliphatic carbocycles. The molecule has 5 fully saturated rings. The summed E-state index contributed by atoms with van der Waals surface area (Å²) in [6.45, 7) is 5.83. The van der Waals surface area contributed by atoms with E-state index in [0.717, 1.165) is 44.9 Å². The number of nitrogens with one attached hydrogen (secondary N) is 1. The highest BCUT2D eigenvalue weighted by Crippen LogP contribution is 2.62. The molecule has 10 unspecified atom stereocenters. The number of nitrogens with zero attached hydrogens (tertiary/aromatic N) is 1. The van der Waals surface area contributed by atoms with Gasteiger partial charge >= 0.3 is 11.9 Å². The first-order chi connectivity index (χ1) is 21.4. The summed E-state index contributed by atoms with van der Waals surface area (Å²) in [6.07, 6.45) is 8.99. The number of hydrogen-bond acceptors (Lipinski definition) is 7. The average molecular weight is 635 g/mol. The zero-order valence-electron chi connectivity index (χ0n) is 26.1. The predicted molar refractivity (Wildman–Crippen MR) is 167 cm³/mol. The molecule has 1 aromatic carbocycles. The van der Waals surface area contributed by atoms with E-state index in [-0.39, 0.29) is 17.3 Å². The highest BCUT2D eigenvalue weighted by atomic mass is 32.2. The van der Waals surface area contributed by atoms with Crippen molar-refractivity contribution in [3.8, 4) is 0 Å². The van der Waals surface area contributed by atoms with E-state index in [1.165, 1.54) is 22.2 Å². The van der Waals surface area contributed by atoms with E-state index >= 15 is 0 Å². The molecule has 10 atom stereocenters. The van der Waals surface area contributed by atoms with Gasteiger partial charge in [-0.15, -0.1) is 11.8 Å². The topological polar surface area (TPSA) is 130 Å². The number of carboxylic acid groups (broad SMARTS) is 1. The van der Waals surface area contributed by atoms with Gasteiger partial charge in [0.2, 0.25) is 11.8 Å². The number of rotatable bonds is 6. The highest BCUT2D eigenvalue weighted by Gasteiger charge is 2.64. The largest absolute Gasteiger partial charge is 0.480 e. The van der Waals surface area contributed by atoms with Crippen LogP contribution < -0.4 is 5.32 Å². The molecule has 3 saturated carbocycles. The fourth-order valence-electron chi connectivity index (χ4n) is 9.96. The van der Waals surface area contributed by atoms with Crippen molar-refractivity contribution in [1.82, 2.24) is 10.2 Å². The molecule has 2 heterocycles. The molecular weight excluding hydrogens is 592 g/mol. The molecule has 7 rings (SSSR count). The van der Waals surface area contributed by atoms with Gasteiger partial charge in [-0.2, -0.15) is 0 Å². The lowest BCUT2D eigenvalue weighted by Crippen LogP contribution is -2.71. The van der Waals surface area contributed by atoms with Gasteiger partial charge in [-0.05, 0) is 94.1 Å². The molecule has 240 valence electrons. The van der Waals surface area contributed by atoms with Gasteiger partial charge in [-0.25, -0.2) is 4.79 Å². The second kappa shape index (κ2) is 11.0. The van der Waals surface area contributed by atoms with Crippen LogP contribution in [0.3, 0.4) is 0 Å². The molecule has 2 saturated heterocycles. The van der Waals surface area contributed by atoms with Gasteiger partial charge in [0, 0.05) is 16.6 Å². The Labute approximate surface area is 267 Å². The standard InChI is InChI=1S/C35H42N2O7S/c1-34(2)28(32(41)42)37-30(40)27(31(37)45-34)36-29(39)26(18-7-5-4-6-8-18)33(43)44-25-14-13-24-23-11-9-19-17-20(38)10-12-21(19)22(23)15-16-35(24,25)3/h4-8,17,21-28,31H,9-16H2,1-3H3,(H,36,39)(H,41,42). The van der Waals surface area contributed by atoms with Crippen LogP contribution in [-0.4, -0.2) is 67.9 Å². The maximum atomic E-state index is 14.0. The zero-order valence-corrected chi connectivity index (χ0v) is 26.9. The second-order valence-electron chi connectivity index (χ2n) is 14.8. The van der Waals surface area contributed by atoms with Crippen LogP contribution >= 0.6 is 11.8 Å². The number of β-lactam (4-membered cyclic amide) rings is 1. The third-order valence-electron chi connectivity index (χ3n) is 12.1. The van der Waals surface area contributed by atoms with Gasteiger partial charge in [0.1, 0.15) is 23.6 Å². The Balaban J connectivity index is 1.07. The maximum Gasteiger partial charge on any atom is 0.327 e. The molecule has 2 amide bonds. The fraction of sp³-hybridized carbons (Fsp3) is 0.629. The van der Waals surface area contributed by atoms with E-state index in [1.54, 1.807) is 38.1 Å². The summed E-state index contributed by atoms with van der Waals surface area (Å²) in [7, 11) is 0. The quantitative estimate of drug-likeness (QED) is 0.267. The van der Waals surface area contributed by atoms with E-state index in [2.05, 4.69) is 12.2 Å². The van der Waals surface area contributed by atoms with Crippen LogP contribution in [0.5, 0.6) is 0 Å². The Kier molecular flexibility index (Phi) is 7.45. The summed E-state index contributed by atoms with van der Waals surface area (Å²) in [5, 5.41) is 12.0. The fourth-order valence-corrected chi connectivity index (χ4v) is 11.6. The van der Waals surface area contributed by atoms with Gasteiger partial charge in [0.25, 0.3) is 0 Å². The third-order valence-corrected chi connectivity index (χ3v) is 13.6. The minimum atomic E-state index is -1.25. The van der Waals surface area contributed by atoms with Crippen molar-refractivity contribution in [3.63, 3.8) is 0 Å². The molecule has 9 nitrogen and oxygen atoms in total. The number of carbonyl (C=O) groups is 5. The van der Waals surface area contributed by atoms with Gasteiger partial charge in [-0.3, -0.25) is 19.2 Å². The molecule has 2 aliphatic heterocycles. The summed E-state index contributed by atoms with van der Waals surface area (Å²) in [5.74, 6) is -1.67. The summed E-state index contributed by atoms with van der Waals surface area (Å²) in [5.41, 5.74) is 1.66. The number of hydrogen-bond donors (Lipinski definition) is 2. The van der Waals surface area contributed by atoms with Crippen molar-refractivity contribution >= 4 is 41.3 Å². The number of ketones is 1. The Bertz CT molecular complexity index is 1480. The first-order valence-electron chi connectivity index (χ1n) is 16.4. The van der Waals surface area contributed by atoms with Crippen LogP contribution in [0.1, 0.15) is 83.6 Å². The lowest BCUT2D eigenvalue weighted by Gasteiger charge is -2.53. The summed E-state index contributed by atoms with van der Waals surface area (Å²) in [6, 6.07) is 6.90. The van der Waals surface area contributed by atoms with Crippen LogP contribution in [0.15, 0.2) is 42.0 Å². The van der Waals surface area contributed by atoms with E-state index in [1.807, 2.05) is 12.1 Å². The van der Waals surface area contributed by atoms with Crippen LogP contribution in [0, 0.1) is 29.1 Å². The zero-order chi connectivity index (χ0) is 31.8. The van der Waals surface area contributed by atoms with Crippen LogP contribution in [-0.2, 0) is 28.7 Å².